The second kappa shape index (κ2) is 10.2. The zero-order valence-electron chi connectivity index (χ0n) is 14.9. The van der Waals surface area contributed by atoms with Crippen molar-refractivity contribution >= 4 is 5.97 Å². The van der Waals surface area contributed by atoms with Crippen LogP contribution >= 0.6 is 0 Å². The van der Waals surface area contributed by atoms with Crippen molar-refractivity contribution in [2.45, 2.75) is 32.6 Å². The topological polar surface area (TPSA) is 35.5 Å². The number of carbonyl (C=O) groups excluding carboxylic acids is 1. The molecule has 25 heavy (non-hydrogen) atoms. The summed E-state index contributed by atoms with van der Waals surface area (Å²) in [6, 6.07) is 15.2. The Kier molecular flexibility index (Phi) is 7.59. The van der Waals surface area contributed by atoms with Crippen molar-refractivity contribution in [2.24, 2.45) is 0 Å². The molecule has 0 aromatic heterocycles. The molecule has 0 aliphatic heterocycles. The van der Waals surface area contributed by atoms with Crippen LogP contribution in [0.2, 0.25) is 0 Å². The van der Waals surface area contributed by atoms with Crippen LogP contribution in [0, 0.1) is 11.8 Å². The van der Waals surface area contributed by atoms with Crippen LogP contribution in [0.4, 0.5) is 0 Å². The smallest absolute Gasteiger partial charge is 0.337 e. The first-order valence-corrected chi connectivity index (χ1v) is 8.62. The molecule has 0 bridgehead atoms. The minimum atomic E-state index is -0.362. The van der Waals surface area contributed by atoms with Gasteiger partial charge in [-0.2, -0.15) is 0 Å². The summed E-state index contributed by atoms with van der Waals surface area (Å²) in [4.78, 5) is 11.5. The third kappa shape index (κ3) is 6.35. The molecule has 3 nitrogen and oxygen atoms in total. The predicted octanol–water partition coefficient (Wildman–Crippen LogP) is 4.64. The molecular formula is C22H24O3. The summed E-state index contributed by atoms with van der Waals surface area (Å²) in [6.45, 7) is 2.52. The summed E-state index contributed by atoms with van der Waals surface area (Å²) in [7, 11) is 1.36. The minimum Gasteiger partial charge on any atom is -0.481 e. The van der Waals surface area contributed by atoms with Crippen molar-refractivity contribution < 1.29 is 14.3 Å². The maximum Gasteiger partial charge on any atom is 0.337 e. The fourth-order valence-electron chi connectivity index (χ4n) is 2.43. The maximum atomic E-state index is 11.5. The quantitative estimate of drug-likeness (QED) is 0.420. The van der Waals surface area contributed by atoms with Crippen LogP contribution < -0.4 is 4.74 Å². The van der Waals surface area contributed by atoms with Crippen molar-refractivity contribution in [1.82, 2.24) is 0 Å². The van der Waals surface area contributed by atoms with Gasteiger partial charge in [0.2, 0.25) is 0 Å². The Hall–Kier alpha value is -2.73. The van der Waals surface area contributed by atoms with Crippen LogP contribution in [-0.2, 0) is 11.2 Å². The van der Waals surface area contributed by atoms with E-state index in [2.05, 4.69) is 30.9 Å². The Morgan fingerprint density at radius 2 is 1.88 bits per heavy atom. The molecular weight excluding hydrogens is 312 g/mol. The third-order valence-corrected chi connectivity index (χ3v) is 3.82. The summed E-state index contributed by atoms with van der Waals surface area (Å²) in [5.41, 5.74) is 2.60. The van der Waals surface area contributed by atoms with Gasteiger partial charge in [0, 0.05) is 5.56 Å². The minimum absolute atomic E-state index is 0.303. The monoisotopic (exact) mass is 336 g/mol. The Labute approximate surface area is 150 Å². The highest BCUT2D eigenvalue weighted by Gasteiger charge is 2.04. The molecule has 0 aliphatic carbocycles. The van der Waals surface area contributed by atoms with Gasteiger partial charge in [-0.3, -0.25) is 0 Å². The second-order valence-electron chi connectivity index (χ2n) is 5.76. The first-order chi connectivity index (χ1) is 12.2. The average Bonchev–Trinajstić information content (AvgIpc) is 2.66. The number of hydrogen-bond acceptors (Lipinski definition) is 3. The number of benzene rings is 2. The number of aryl methyl sites for hydroxylation is 1. The van der Waals surface area contributed by atoms with Crippen LogP contribution in [0.5, 0.6) is 5.75 Å². The second-order valence-corrected chi connectivity index (χ2v) is 5.76. The molecule has 3 heteroatoms. The lowest BCUT2D eigenvalue weighted by molar-refractivity contribution is 0.0600. The summed E-state index contributed by atoms with van der Waals surface area (Å²) in [6.07, 6.45) is 4.85. The number of carbonyl (C=O) groups is 1. The zero-order valence-corrected chi connectivity index (χ0v) is 14.9. The molecule has 0 unspecified atom stereocenters. The fourth-order valence-corrected chi connectivity index (χ4v) is 2.43. The molecule has 0 fully saturated rings. The SMILES string of the molecule is CCCCCc1ccc(OCC#Cc2cccc(C(=O)OC)c2)cc1. The van der Waals surface area contributed by atoms with Gasteiger partial charge in [0.05, 0.1) is 12.7 Å². The fraction of sp³-hybridized carbons (Fsp3) is 0.318. The van der Waals surface area contributed by atoms with Gasteiger partial charge in [0.15, 0.2) is 0 Å². The van der Waals surface area contributed by atoms with Crippen LogP contribution in [0.25, 0.3) is 0 Å². The van der Waals surface area contributed by atoms with E-state index in [0.717, 1.165) is 17.7 Å². The molecule has 0 heterocycles. The number of ether oxygens (including phenoxy) is 2. The highest BCUT2D eigenvalue weighted by atomic mass is 16.5. The van der Waals surface area contributed by atoms with E-state index in [1.165, 1.54) is 31.9 Å². The van der Waals surface area contributed by atoms with Gasteiger partial charge in [-0.1, -0.05) is 49.8 Å². The normalized spacial score (nSPS) is 9.84. The molecule has 0 atom stereocenters. The van der Waals surface area contributed by atoms with Gasteiger partial charge in [0.25, 0.3) is 0 Å². The molecule has 0 amide bonds. The standard InChI is InChI=1S/C22H24O3/c1-3-4-5-8-18-12-14-21(15-13-18)25-16-7-10-19-9-6-11-20(17-19)22(23)24-2/h6,9,11-15,17H,3-5,8,16H2,1-2H3. The van der Waals surface area contributed by atoms with Gasteiger partial charge in [-0.25, -0.2) is 4.79 Å². The molecule has 0 aliphatic rings. The molecule has 0 N–H and O–H groups in total. The van der Waals surface area contributed by atoms with E-state index in [9.17, 15) is 4.79 Å². The van der Waals surface area contributed by atoms with Crippen molar-refractivity contribution in [1.29, 1.82) is 0 Å². The summed E-state index contributed by atoms with van der Waals surface area (Å²) < 4.78 is 10.3. The van der Waals surface area contributed by atoms with Crippen molar-refractivity contribution in [3.8, 4) is 17.6 Å². The van der Waals surface area contributed by atoms with Crippen molar-refractivity contribution in [3.05, 3.63) is 65.2 Å². The van der Waals surface area contributed by atoms with E-state index in [1.54, 1.807) is 18.2 Å². The lowest BCUT2D eigenvalue weighted by Crippen LogP contribution is -2.01. The van der Waals surface area contributed by atoms with E-state index in [-0.39, 0.29) is 5.97 Å². The molecule has 0 saturated carbocycles. The Balaban J connectivity index is 1.85. The summed E-state index contributed by atoms with van der Waals surface area (Å²) in [5.74, 6) is 6.42. The number of methoxy groups -OCH3 is 1. The lowest BCUT2D eigenvalue weighted by Gasteiger charge is -2.04. The van der Waals surface area contributed by atoms with Gasteiger partial charge in [0.1, 0.15) is 12.4 Å². The number of unbranched alkanes of at least 4 members (excludes halogenated alkanes) is 2. The number of esters is 1. The number of hydrogen-bond donors (Lipinski definition) is 0. The summed E-state index contributed by atoms with van der Waals surface area (Å²) in [5, 5.41) is 0. The highest BCUT2D eigenvalue weighted by molar-refractivity contribution is 5.89. The van der Waals surface area contributed by atoms with Gasteiger partial charge in [-0.15, -0.1) is 0 Å². The average molecular weight is 336 g/mol. The first-order valence-electron chi connectivity index (χ1n) is 8.62. The predicted molar refractivity (Wildman–Crippen MR) is 99.8 cm³/mol. The molecule has 2 aromatic carbocycles. The van der Waals surface area contributed by atoms with Crippen LogP contribution in [0.3, 0.4) is 0 Å². The van der Waals surface area contributed by atoms with E-state index < -0.39 is 0 Å². The van der Waals surface area contributed by atoms with Crippen LogP contribution in [0.1, 0.15) is 47.7 Å². The summed E-state index contributed by atoms with van der Waals surface area (Å²) >= 11 is 0. The van der Waals surface area contributed by atoms with E-state index >= 15 is 0 Å². The molecule has 2 aromatic rings. The Bertz CT molecular complexity index is 736. The first kappa shape index (κ1) is 18.6. The van der Waals surface area contributed by atoms with E-state index in [0.29, 0.717) is 12.2 Å². The maximum absolute atomic E-state index is 11.5. The molecule has 0 radical (unpaired) electrons. The largest absolute Gasteiger partial charge is 0.481 e. The lowest BCUT2D eigenvalue weighted by atomic mass is 10.1. The highest BCUT2D eigenvalue weighted by Crippen LogP contribution is 2.14. The molecule has 2 rings (SSSR count). The molecule has 0 spiro atoms. The van der Waals surface area contributed by atoms with Gasteiger partial charge < -0.3 is 9.47 Å². The van der Waals surface area contributed by atoms with E-state index in [1.807, 2.05) is 18.2 Å². The molecule has 0 saturated heterocycles. The zero-order chi connectivity index (χ0) is 17.9. The Morgan fingerprint density at radius 3 is 2.60 bits per heavy atom. The van der Waals surface area contributed by atoms with Crippen LogP contribution in [0.15, 0.2) is 48.5 Å². The van der Waals surface area contributed by atoms with E-state index in [4.69, 9.17) is 9.47 Å². The van der Waals surface area contributed by atoms with Crippen LogP contribution in [-0.4, -0.2) is 19.7 Å². The third-order valence-electron chi connectivity index (χ3n) is 3.82. The molecule has 130 valence electrons. The number of rotatable bonds is 7. The van der Waals surface area contributed by atoms with Crippen molar-refractivity contribution in [3.63, 3.8) is 0 Å². The Morgan fingerprint density at radius 1 is 1.08 bits per heavy atom. The van der Waals surface area contributed by atoms with Crippen molar-refractivity contribution in [2.75, 3.05) is 13.7 Å². The van der Waals surface area contributed by atoms with Gasteiger partial charge >= 0.3 is 5.97 Å². The van der Waals surface area contributed by atoms with Gasteiger partial charge in [-0.05, 0) is 48.7 Å².